The lowest BCUT2D eigenvalue weighted by molar-refractivity contribution is 0.103. The summed E-state index contributed by atoms with van der Waals surface area (Å²) >= 11 is 6.36. The Morgan fingerprint density at radius 1 is 1.00 bits per heavy atom. The SMILES string of the molecule is Cc1ccncc1Nc1ccc(C(=O)c2ccccc2C)c(Cl)c1. The molecule has 1 N–H and O–H groups in total. The standard InChI is InChI=1S/C20H17ClN2O/c1-13-5-3-4-6-16(13)20(24)17-8-7-15(11-18(17)21)23-19-12-22-10-9-14(19)2/h3-12,23H,1-2H3. The van der Waals surface area contributed by atoms with Crippen molar-refractivity contribution < 1.29 is 4.79 Å². The first kappa shape index (κ1) is 16.2. The van der Waals surface area contributed by atoms with Crippen molar-refractivity contribution in [1.29, 1.82) is 0 Å². The molecule has 3 rings (SSSR count). The summed E-state index contributed by atoms with van der Waals surface area (Å²) in [7, 11) is 0. The average Bonchev–Trinajstić information content (AvgIpc) is 2.57. The fraction of sp³-hybridized carbons (Fsp3) is 0.100. The molecule has 1 aromatic heterocycles. The van der Waals surface area contributed by atoms with E-state index in [0.717, 1.165) is 22.5 Å². The van der Waals surface area contributed by atoms with Crippen molar-refractivity contribution in [1.82, 2.24) is 4.98 Å². The van der Waals surface area contributed by atoms with Crippen LogP contribution in [0.2, 0.25) is 5.02 Å². The van der Waals surface area contributed by atoms with Crippen LogP contribution in [0.4, 0.5) is 11.4 Å². The number of nitrogens with one attached hydrogen (secondary N) is 1. The van der Waals surface area contributed by atoms with Gasteiger partial charge in [0.05, 0.1) is 16.9 Å². The van der Waals surface area contributed by atoms with E-state index in [1.807, 2.05) is 50.2 Å². The molecular formula is C20H17ClN2O. The molecule has 120 valence electrons. The van der Waals surface area contributed by atoms with Gasteiger partial charge >= 0.3 is 0 Å². The van der Waals surface area contributed by atoms with Gasteiger partial charge in [-0.25, -0.2) is 0 Å². The molecule has 0 fully saturated rings. The number of halogens is 1. The molecule has 0 saturated heterocycles. The molecule has 0 radical (unpaired) electrons. The van der Waals surface area contributed by atoms with Crippen LogP contribution >= 0.6 is 11.6 Å². The number of nitrogens with zero attached hydrogens (tertiary/aromatic N) is 1. The van der Waals surface area contributed by atoms with Crippen molar-refractivity contribution in [2.45, 2.75) is 13.8 Å². The highest BCUT2D eigenvalue weighted by Gasteiger charge is 2.15. The number of anilines is 2. The van der Waals surface area contributed by atoms with Crippen LogP contribution in [0.15, 0.2) is 60.9 Å². The highest BCUT2D eigenvalue weighted by atomic mass is 35.5. The molecule has 0 aliphatic heterocycles. The lowest BCUT2D eigenvalue weighted by Gasteiger charge is -2.11. The highest BCUT2D eigenvalue weighted by molar-refractivity contribution is 6.35. The van der Waals surface area contributed by atoms with Crippen LogP contribution in [-0.2, 0) is 0 Å². The van der Waals surface area contributed by atoms with Crippen molar-refractivity contribution in [2.75, 3.05) is 5.32 Å². The van der Waals surface area contributed by atoms with E-state index in [-0.39, 0.29) is 5.78 Å². The van der Waals surface area contributed by atoms with Gasteiger partial charge in [0.25, 0.3) is 0 Å². The third-order valence-corrected chi connectivity index (χ3v) is 4.23. The summed E-state index contributed by atoms with van der Waals surface area (Å²) in [4.78, 5) is 16.8. The summed E-state index contributed by atoms with van der Waals surface area (Å²) in [6.45, 7) is 3.92. The molecule has 3 nitrogen and oxygen atoms in total. The molecule has 0 bridgehead atoms. The summed E-state index contributed by atoms with van der Waals surface area (Å²) < 4.78 is 0. The normalized spacial score (nSPS) is 10.5. The summed E-state index contributed by atoms with van der Waals surface area (Å²) in [5, 5.41) is 3.70. The quantitative estimate of drug-likeness (QED) is 0.655. The molecule has 0 amide bonds. The number of rotatable bonds is 4. The van der Waals surface area contributed by atoms with Crippen molar-refractivity contribution in [3.8, 4) is 0 Å². The van der Waals surface area contributed by atoms with Gasteiger partial charge in [-0.05, 0) is 49.2 Å². The minimum Gasteiger partial charge on any atom is -0.354 e. The van der Waals surface area contributed by atoms with Gasteiger partial charge in [-0.15, -0.1) is 0 Å². The number of carbonyl (C=O) groups excluding carboxylic acids is 1. The maximum atomic E-state index is 12.7. The first-order valence-electron chi connectivity index (χ1n) is 7.64. The molecule has 0 atom stereocenters. The van der Waals surface area contributed by atoms with E-state index in [0.29, 0.717) is 16.1 Å². The molecule has 0 aliphatic rings. The smallest absolute Gasteiger partial charge is 0.194 e. The zero-order chi connectivity index (χ0) is 17.1. The Kier molecular flexibility index (Phi) is 4.63. The Hall–Kier alpha value is -2.65. The van der Waals surface area contributed by atoms with Crippen molar-refractivity contribution >= 4 is 28.8 Å². The lowest BCUT2D eigenvalue weighted by atomic mass is 9.99. The zero-order valence-corrected chi connectivity index (χ0v) is 14.3. The number of benzene rings is 2. The highest BCUT2D eigenvalue weighted by Crippen LogP contribution is 2.27. The Morgan fingerprint density at radius 2 is 1.79 bits per heavy atom. The van der Waals surface area contributed by atoms with Crippen LogP contribution in [0.25, 0.3) is 0 Å². The molecule has 1 heterocycles. The monoisotopic (exact) mass is 336 g/mol. The van der Waals surface area contributed by atoms with Gasteiger partial charge in [-0.1, -0.05) is 35.9 Å². The van der Waals surface area contributed by atoms with Gasteiger partial charge in [0, 0.05) is 23.0 Å². The number of ketones is 1. The van der Waals surface area contributed by atoms with E-state index in [1.54, 1.807) is 24.5 Å². The maximum absolute atomic E-state index is 12.7. The summed E-state index contributed by atoms with van der Waals surface area (Å²) in [6.07, 6.45) is 3.51. The molecule has 0 saturated carbocycles. The zero-order valence-electron chi connectivity index (χ0n) is 13.5. The summed E-state index contributed by atoms with van der Waals surface area (Å²) in [6, 6.07) is 14.8. The first-order valence-corrected chi connectivity index (χ1v) is 8.01. The number of hydrogen-bond donors (Lipinski definition) is 1. The van der Waals surface area contributed by atoms with Gasteiger partial charge in [0.2, 0.25) is 0 Å². The van der Waals surface area contributed by atoms with E-state index >= 15 is 0 Å². The fourth-order valence-electron chi connectivity index (χ4n) is 2.50. The third-order valence-electron chi connectivity index (χ3n) is 3.92. The number of pyridine rings is 1. The molecule has 2 aromatic carbocycles. The Bertz CT molecular complexity index is 906. The van der Waals surface area contributed by atoms with Gasteiger partial charge < -0.3 is 5.32 Å². The second-order valence-electron chi connectivity index (χ2n) is 5.65. The fourth-order valence-corrected chi connectivity index (χ4v) is 2.77. The number of hydrogen-bond acceptors (Lipinski definition) is 3. The van der Waals surface area contributed by atoms with Gasteiger partial charge in [-0.3, -0.25) is 9.78 Å². The van der Waals surface area contributed by atoms with E-state index < -0.39 is 0 Å². The molecule has 3 aromatic rings. The average molecular weight is 337 g/mol. The summed E-state index contributed by atoms with van der Waals surface area (Å²) in [5.74, 6) is -0.0674. The van der Waals surface area contributed by atoms with E-state index in [1.165, 1.54) is 0 Å². The number of aryl methyl sites for hydroxylation is 2. The Labute approximate surface area is 146 Å². The Morgan fingerprint density at radius 3 is 2.50 bits per heavy atom. The van der Waals surface area contributed by atoms with Crippen molar-refractivity contribution in [2.24, 2.45) is 0 Å². The lowest BCUT2D eigenvalue weighted by Crippen LogP contribution is -2.05. The predicted octanol–water partition coefficient (Wildman–Crippen LogP) is 5.33. The third kappa shape index (κ3) is 3.31. The molecular weight excluding hydrogens is 320 g/mol. The molecule has 0 unspecified atom stereocenters. The van der Waals surface area contributed by atoms with Crippen molar-refractivity contribution in [3.05, 3.63) is 88.2 Å². The topological polar surface area (TPSA) is 42.0 Å². The molecule has 24 heavy (non-hydrogen) atoms. The second-order valence-corrected chi connectivity index (χ2v) is 6.06. The van der Waals surface area contributed by atoms with Gasteiger partial charge in [-0.2, -0.15) is 0 Å². The number of carbonyl (C=O) groups is 1. The number of aromatic nitrogens is 1. The van der Waals surface area contributed by atoms with Gasteiger partial charge in [0.1, 0.15) is 0 Å². The van der Waals surface area contributed by atoms with E-state index in [4.69, 9.17) is 11.6 Å². The van der Waals surface area contributed by atoms with Crippen LogP contribution in [-0.4, -0.2) is 10.8 Å². The molecule has 4 heteroatoms. The predicted molar refractivity (Wildman–Crippen MR) is 98.3 cm³/mol. The van der Waals surface area contributed by atoms with E-state index in [2.05, 4.69) is 10.3 Å². The minimum atomic E-state index is -0.0674. The first-order chi connectivity index (χ1) is 11.6. The second kappa shape index (κ2) is 6.85. The minimum absolute atomic E-state index is 0.0674. The Balaban J connectivity index is 1.89. The van der Waals surface area contributed by atoms with Gasteiger partial charge in [0.15, 0.2) is 5.78 Å². The van der Waals surface area contributed by atoms with Crippen molar-refractivity contribution in [3.63, 3.8) is 0 Å². The van der Waals surface area contributed by atoms with Crippen LogP contribution < -0.4 is 5.32 Å². The summed E-state index contributed by atoms with van der Waals surface area (Å²) in [5.41, 5.74) is 4.92. The molecule has 0 spiro atoms. The van der Waals surface area contributed by atoms with Crippen LogP contribution in [0.5, 0.6) is 0 Å². The van der Waals surface area contributed by atoms with E-state index in [9.17, 15) is 4.79 Å². The molecule has 0 aliphatic carbocycles. The van der Waals surface area contributed by atoms with Crippen LogP contribution in [0.3, 0.4) is 0 Å². The van der Waals surface area contributed by atoms with Crippen LogP contribution in [0.1, 0.15) is 27.0 Å². The maximum Gasteiger partial charge on any atom is 0.194 e. The van der Waals surface area contributed by atoms with Crippen LogP contribution in [0, 0.1) is 13.8 Å². The largest absolute Gasteiger partial charge is 0.354 e.